The molecule has 3 saturated carbocycles. The van der Waals surface area contributed by atoms with Crippen molar-refractivity contribution in [3.05, 3.63) is 39.7 Å². The summed E-state index contributed by atoms with van der Waals surface area (Å²) in [5, 5.41) is 49.7. The van der Waals surface area contributed by atoms with E-state index in [9.17, 15) is 34.8 Å². The van der Waals surface area contributed by atoms with Crippen LogP contribution in [-0.4, -0.2) is 88.7 Å². The van der Waals surface area contributed by atoms with Gasteiger partial charge in [-0.15, -0.1) is 0 Å². The molecule has 0 bridgehead atoms. The van der Waals surface area contributed by atoms with Gasteiger partial charge in [-0.2, -0.15) is 0 Å². The number of hydrogen-bond acceptors (Lipinski definition) is 10. The van der Waals surface area contributed by atoms with Crippen molar-refractivity contribution in [3.63, 3.8) is 0 Å². The highest BCUT2D eigenvalue weighted by atomic mass is 16.3. The van der Waals surface area contributed by atoms with Crippen LogP contribution in [0, 0.1) is 17.3 Å². The fourth-order valence-corrected chi connectivity index (χ4v) is 8.33. The molecule has 42 heavy (non-hydrogen) atoms. The van der Waals surface area contributed by atoms with Crippen molar-refractivity contribution in [3.8, 4) is 5.75 Å². The molecule has 11 heteroatoms. The second kappa shape index (κ2) is 9.55. The molecule has 11 nitrogen and oxygen atoms in total. The normalized spacial score (nSPS) is 31.4. The highest BCUT2D eigenvalue weighted by molar-refractivity contribution is 6.24. The number of rotatable bonds is 6. The minimum atomic E-state index is -2.65. The molecule has 5 aliphatic rings. The van der Waals surface area contributed by atoms with E-state index in [1.165, 1.54) is 30.6 Å². The lowest BCUT2D eigenvalue weighted by Gasteiger charge is -2.50. The van der Waals surface area contributed by atoms with Gasteiger partial charge < -0.3 is 36.4 Å². The van der Waals surface area contributed by atoms with Crippen molar-refractivity contribution in [1.29, 1.82) is 0 Å². The van der Waals surface area contributed by atoms with Gasteiger partial charge in [-0.05, 0) is 75.6 Å². The van der Waals surface area contributed by atoms with Gasteiger partial charge >= 0.3 is 0 Å². The molecule has 1 aromatic carbocycles. The van der Waals surface area contributed by atoms with Gasteiger partial charge in [0.1, 0.15) is 22.8 Å². The fourth-order valence-electron chi connectivity index (χ4n) is 8.33. The number of carbonyl (C=O) groups is 3. The molecular formula is C31H40N4O7. The summed E-state index contributed by atoms with van der Waals surface area (Å²) in [5.41, 5.74) is 4.32. The quantitative estimate of drug-likeness (QED) is 0.270. The third kappa shape index (κ3) is 3.86. The van der Waals surface area contributed by atoms with E-state index in [4.69, 9.17) is 5.73 Å². The molecule has 0 aromatic heterocycles. The van der Waals surface area contributed by atoms with Crippen LogP contribution in [0.1, 0.15) is 55.2 Å². The van der Waals surface area contributed by atoms with Crippen molar-refractivity contribution in [2.75, 3.05) is 33.1 Å². The Morgan fingerprint density at radius 2 is 1.81 bits per heavy atom. The number of ketones is 2. The van der Waals surface area contributed by atoms with Crippen molar-refractivity contribution in [1.82, 2.24) is 10.2 Å². The first-order chi connectivity index (χ1) is 19.7. The fraction of sp³-hybridized carbons (Fsp3) is 0.581. The van der Waals surface area contributed by atoms with Gasteiger partial charge in [-0.25, -0.2) is 0 Å². The number of nitrogens with one attached hydrogen (secondary N) is 1. The summed E-state index contributed by atoms with van der Waals surface area (Å²) in [6, 6.07) is 1.17. The average molecular weight is 581 g/mol. The number of carbonyl (C=O) groups excluding carboxylic acids is 3. The minimum absolute atomic E-state index is 0.0620. The zero-order valence-electron chi connectivity index (χ0n) is 24.5. The summed E-state index contributed by atoms with van der Waals surface area (Å²) in [6.45, 7) is 0.385. The maximum atomic E-state index is 14.1. The summed E-state index contributed by atoms with van der Waals surface area (Å²) >= 11 is 0. The number of benzene rings is 1. The number of aromatic hydroxyl groups is 1. The Labute approximate surface area is 244 Å². The van der Waals surface area contributed by atoms with E-state index in [1.807, 2.05) is 25.1 Å². The number of phenolic OH excluding ortho intramolecular Hbond substituents is 1. The molecule has 0 saturated heterocycles. The van der Waals surface area contributed by atoms with E-state index in [0.717, 1.165) is 12.1 Å². The number of phenols is 1. The van der Waals surface area contributed by atoms with Crippen LogP contribution in [0.3, 0.4) is 0 Å². The number of fused-ring (bicyclic) bond motifs is 3. The maximum Gasteiger partial charge on any atom is 0.255 e. The topological polar surface area (TPSA) is 177 Å². The molecule has 226 valence electrons. The smallest absolute Gasteiger partial charge is 0.255 e. The molecule has 0 radical (unpaired) electrons. The Morgan fingerprint density at radius 3 is 2.40 bits per heavy atom. The van der Waals surface area contributed by atoms with Crippen LogP contribution in [0.5, 0.6) is 5.75 Å². The Hall–Kier alpha value is -3.41. The van der Waals surface area contributed by atoms with E-state index in [2.05, 4.69) is 5.32 Å². The number of likely N-dealkylation sites (N-methyl/N-ethyl adjacent to an activating group) is 1. The Kier molecular flexibility index (Phi) is 6.53. The second-order valence-corrected chi connectivity index (χ2v) is 13.3. The zero-order chi connectivity index (χ0) is 30.5. The molecule has 6 rings (SSSR count). The first-order valence-corrected chi connectivity index (χ1v) is 14.7. The van der Waals surface area contributed by atoms with Gasteiger partial charge in [0.2, 0.25) is 5.78 Å². The molecular weight excluding hydrogens is 540 g/mol. The van der Waals surface area contributed by atoms with Crippen molar-refractivity contribution >= 4 is 28.9 Å². The van der Waals surface area contributed by atoms with Crippen LogP contribution >= 0.6 is 0 Å². The third-order valence-electron chi connectivity index (χ3n) is 10.6. The predicted octanol–water partition coefficient (Wildman–Crippen LogP) is 1.45. The van der Waals surface area contributed by atoms with Gasteiger partial charge in [0.05, 0.1) is 11.6 Å². The zero-order valence-corrected chi connectivity index (χ0v) is 24.5. The lowest BCUT2D eigenvalue weighted by atomic mass is 9.57. The number of amides is 1. The summed E-state index contributed by atoms with van der Waals surface area (Å²) in [4.78, 5) is 43.0. The molecule has 5 aliphatic carbocycles. The molecule has 0 heterocycles. The number of nitrogens with two attached hydrogens (primary N) is 1. The molecule has 1 spiro atoms. The number of Topliss-reactive ketones (excluding diaryl/α,β-unsaturated/α-hetero) is 2. The van der Waals surface area contributed by atoms with Gasteiger partial charge in [-0.3, -0.25) is 19.3 Å². The van der Waals surface area contributed by atoms with E-state index in [-0.39, 0.29) is 29.7 Å². The van der Waals surface area contributed by atoms with Crippen molar-refractivity contribution < 1.29 is 34.8 Å². The number of primary amides is 1. The summed E-state index contributed by atoms with van der Waals surface area (Å²) in [5.74, 6) is -6.41. The number of aliphatic hydroxyl groups is 3. The minimum Gasteiger partial charge on any atom is -0.508 e. The standard InChI is InChI=1S/C31H40N4O7/c1-34(2)18-12-15(13-33-19-6-5-7-30(19)8-9-30)24(36)21-16(18)10-14-11-17-23(35(3)4)26(38)22(29(32)41)28(40)31(17,42)27(39)20(14)25(21)37/h12,14,17,19,23,33,36-37,40,42H,5-11,13H2,1-4H3,(H2,32,41)/t14-,17-,19?,23-,31-/m0/s1. The monoisotopic (exact) mass is 580 g/mol. The third-order valence-corrected chi connectivity index (χ3v) is 10.6. The highest BCUT2D eigenvalue weighted by Gasteiger charge is 2.64. The second-order valence-electron chi connectivity index (χ2n) is 13.3. The molecule has 0 aliphatic heterocycles. The molecule has 5 atom stereocenters. The largest absolute Gasteiger partial charge is 0.508 e. The first-order valence-electron chi connectivity index (χ1n) is 14.7. The van der Waals surface area contributed by atoms with Gasteiger partial charge in [-0.1, -0.05) is 6.42 Å². The van der Waals surface area contributed by atoms with Crippen LogP contribution in [0.2, 0.25) is 0 Å². The summed E-state index contributed by atoms with van der Waals surface area (Å²) in [6.07, 6.45) is 6.21. The van der Waals surface area contributed by atoms with E-state index < -0.39 is 58.0 Å². The van der Waals surface area contributed by atoms with E-state index >= 15 is 0 Å². The van der Waals surface area contributed by atoms with Crippen LogP contribution in [0.15, 0.2) is 23.0 Å². The molecule has 1 amide bonds. The van der Waals surface area contributed by atoms with Gasteiger partial charge in [0, 0.05) is 49.4 Å². The first kappa shape index (κ1) is 28.7. The van der Waals surface area contributed by atoms with Gasteiger partial charge in [0.25, 0.3) is 5.91 Å². The number of anilines is 1. The van der Waals surface area contributed by atoms with Crippen molar-refractivity contribution in [2.24, 2.45) is 23.0 Å². The summed E-state index contributed by atoms with van der Waals surface area (Å²) < 4.78 is 0. The van der Waals surface area contributed by atoms with Crippen LogP contribution in [0.25, 0.3) is 5.76 Å². The Morgan fingerprint density at radius 1 is 1.12 bits per heavy atom. The van der Waals surface area contributed by atoms with Crippen LogP contribution < -0.4 is 16.0 Å². The lowest BCUT2D eigenvalue weighted by molar-refractivity contribution is -0.153. The number of hydrogen-bond donors (Lipinski definition) is 6. The number of nitrogens with zero attached hydrogens (tertiary/aromatic N) is 2. The predicted molar refractivity (Wildman–Crippen MR) is 155 cm³/mol. The molecule has 1 aromatic rings. The van der Waals surface area contributed by atoms with Gasteiger partial charge in [0.15, 0.2) is 11.4 Å². The van der Waals surface area contributed by atoms with E-state index in [0.29, 0.717) is 29.1 Å². The average Bonchev–Trinajstić information content (AvgIpc) is 3.57. The van der Waals surface area contributed by atoms with E-state index in [1.54, 1.807) is 14.1 Å². The van der Waals surface area contributed by atoms with Crippen LogP contribution in [-0.2, 0) is 27.3 Å². The maximum absolute atomic E-state index is 14.1. The Balaban J connectivity index is 1.46. The molecule has 1 unspecified atom stereocenters. The highest BCUT2D eigenvalue weighted by Crippen LogP contribution is 2.58. The number of aliphatic hydroxyl groups excluding tert-OH is 2. The molecule has 7 N–H and O–H groups in total. The molecule has 3 fully saturated rings. The van der Waals surface area contributed by atoms with Crippen LogP contribution in [0.4, 0.5) is 5.69 Å². The SMILES string of the molecule is CN(C)c1cc(CNC2CCCC23CC3)c(O)c2c1C[C@H]1C[C@H]3[C@H](N(C)C)C(=O)C(C(N)=O)=C(O)[C@@]3(O)C(=O)C1=C2O. The Bertz CT molecular complexity index is 1470. The lowest BCUT2D eigenvalue weighted by Crippen LogP contribution is -2.65. The summed E-state index contributed by atoms with van der Waals surface area (Å²) in [7, 11) is 6.91. The van der Waals surface area contributed by atoms with Crippen molar-refractivity contribution in [2.45, 2.75) is 69.2 Å².